The molecule has 0 unspecified atom stereocenters. The Morgan fingerprint density at radius 3 is 1.37 bits per heavy atom. The van der Waals surface area contributed by atoms with Crippen LogP contribution in [-0.2, 0) is 19.6 Å². The minimum Gasteiger partial charge on any atom is -0.435 e. The molecule has 5 nitrogen and oxygen atoms in total. The fourth-order valence-corrected chi connectivity index (χ4v) is 3.74. The molecule has 0 N–H and O–H groups in total. The number of alkyl halides is 17. The number of carbonyl (C=O) groups is 1. The molecule has 0 saturated carbocycles. The Bertz CT molecular complexity index is 990. The maximum Gasteiger partial charge on any atom is 0.460 e. The van der Waals surface area contributed by atoms with Gasteiger partial charge in [-0.15, -0.1) is 0 Å². The molecule has 23 heteroatoms. The lowest BCUT2D eigenvalue weighted by Crippen LogP contribution is -2.75. The van der Waals surface area contributed by atoms with E-state index in [9.17, 15) is 87.8 Å². The van der Waals surface area contributed by atoms with Gasteiger partial charge in [-0.1, -0.05) is 13.5 Å². The van der Waals surface area contributed by atoms with Crippen molar-refractivity contribution in [1.29, 1.82) is 0 Å². The minimum atomic E-state index is -8.91. The molecule has 0 aromatic carbocycles. The van der Waals surface area contributed by atoms with Crippen LogP contribution in [0.2, 0.25) is 0 Å². The van der Waals surface area contributed by atoms with Crippen LogP contribution in [-0.4, -0.2) is 78.7 Å². The zero-order chi connectivity index (χ0) is 31.2. The third-order valence-corrected chi connectivity index (χ3v) is 6.51. The number of halogens is 17. The quantitative estimate of drug-likeness (QED) is 0.150. The van der Waals surface area contributed by atoms with Gasteiger partial charge in [0.1, 0.15) is 0 Å². The van der Waals surface area contributed by atoms with E-state index in [1.807, 2.05) is 0 Å². The zero-order valence-corrected chi connectivity index (χ0v) is 18.6. The van der Waals surface area contributed by atoms with Crippen LogP contribution >= 0.6 is 0 Å². The molecule has 0 aromatic heterocycles. The first-order valence-corrected chi connectivity index (χ1v) is 10.4. The predicted octanol–water partition coefficient (Wildman–Crippen LogP) is 5.68. The van der Waals surface area contributed by atoms with Crippen molar-refractivity contribution in [1.82, 2.24) is 4.31 Å². The zero-order valence-electron chi connectivity index (χ0n) is 17.8. The van der Waals surface area contributed by atoms with Gasteiger partial charge in [-0.05, 0) is 0 Å². The van der Waals surface area contributed by atoms with Crippen LogP contribution in [0.5, 0.6) is 0 Å². The van der Waals surface area contributed by atoms with Crippen molar-refractivity contribution in [2.24, 2.45) is 0 Å². The number of rotatable bonds is 13. The van der Waals surface area contributed by atoms with E-state index >= 15 is 0 Å². The standard InChI is InChI=1S/C15H12F17NO4S/c1-3-33(6-5-7(34)37-4-2)38(35,36)15(31,32)13(26,27)11(22,23)9(18,19)8(16,17)10(20,21)12(24,25)14(28,29)30/h4H,2-3,5-6H2,1H3. The number of hydrogen-bond donors (Lipinski definition) is 0. The van der Waals surface area contributed by atoms with Gasteiger partial charge in [-0.2, -0.15) is 78.9 Å². The maximum absolute atomic E-state index is 14.1. The summed E-state index contributed by atoms with van der Waals surface area (Å²) in [7, 11) is -7.45. The largest absolute Gasteiger partial charge is 0.460 e. The topological polar surface area (TPSA) is 63.7 Å². The Balaban J connectivity index is 6.87. The Morgan fingerprint density at radius 2 is 1.05 bits per heavy atom. The van der Waals surface area contributed by atoms with Crippen LogP contribution in [0.1, 0.15) is 13.3 Å². The van der Waals surface area contributed by atoms with Crippen LogP contribution in [0.25, 0.3) is 0 Å². The van der Waals surface area contributed by atoms with Crippen LogP contribution in [0, 0.1) is 0 Å². The van der Waals surface area contributed by atoms with Crippen molar-refractivity contribution in [2.45, 2.75) is 60.3 Å². The molecule has 0 aliphatic heterocycles. The lowest BCUT2D eigenvalue weighted by molar-refractivity contribution is -0.458. The molecule has 0 aliphatic carbocycles. The number of hydrogen-bond acceptors (Lipinski definition) is 4. The van der Waals surface area contributed by atoms with Gasteiger partial charge in [-0.3, -0.25) is 4.79 Å². The summed E-state index contributed by atoms with van der Waals surface area (Å²) in [6, 6.07) is 0. The summed E-state index contributed by atoms with van der Waals surface area (Å²) in [6.07, 6.45) is -8.88. The Morgan fingerprint density at radius 1 is 0.711 bits per heavy atom. The monoisotopic (exact) mass is 625 g/mol. The van der Waals surface area contributed by atoms with E-state index in [4.69, 9.17) is 0 Å². The van der Waals surface area contributed by atoms with Crippen molar-refractivity contribution in [3.05, 3.63) is 12.8 Å². The molecular weight excluding hydrogens is 613 g/mol. The first kappa shape index (κ1) is 35.9. The summed E-state index contributed by atoms with van der Waals surface area (Å²) >= 11 is 0. The maximum atomic E-state index is 14.1. The lowest BCUT2D eigenvalue weighted by atomic mass is 9.91. The number of sulfonamides is 1. The molecule has 0 radical (unpaired) electrons. The summed E-state index contributed by atoms with van der Waals surface area (Å²) in [5, 5.41) is -7.68. The van der Waals surface area contributed by atoms with Gasteiger partial charge in [-0.25, -0.2) is 8.42 Å². The minimum absolute atomic E-state index is 0.372. The van der Waals surface area contributed by atoms with Crippen molar-refractivity contribution in [3.63, 3.8) is 0 Å². The SMILES string of the molecule is C=COC(=O)CCN(CC)S(=O)(=O)C(F)(F)C(F)(F)C(F)(F)C(F)(F)C(F)(F)C(F)(F)C(F)(F)C(F)(F)F. The fourth-order valence-electron chi connectivity index (χ4n) is 2.29. The molecule has 0 saturated heterocycles. The first-order valence-electron chi connectivity index (χ1n) is 8.93. The van der Waals surface area contributed by atoms with E-state index in [1.165, 1.54) is 0 Å². The van der Waals surface area contributed by atoms with E-state index in [-0.39, 0.29) is 0 Å². The van der Waals surface area contributed by atoms with Crippen molar-refractivity contribution >= 4 is 16.0 Å². The van der Waals surface area contributed by atoms with Gasteiger partial charge < -0.3 is 4.74 Å². The number of ether oxygens (including phenoxy) is 1. The predicted molar refractivity (Wildman–Crippen MR) is 87.8 cm³/mol. The summed E-state index contributed by atoms with van der Waals surface area (Å²) in [5.41, 5.74) is 0. The second kappa shape index (κ2) is 10.2. The van der Waals surface area contributed by atoms with Gasteiger partial charge in [0.2, 0.25) is 0 Å². The molecule has 0 amide bonds. The van der Waals surface area contributed by atoms with Gasteiger partial charge >= 0.3 is 52.9 Å². The van der Waals surface area contributed by atoms with E-state index in [1.54, 1.807) is 0 Å². The number of nitrogens with zero attached hydrogens (tertiary/aromatic N) is 1. The first-order chi connectivity index (χ1) is 16.4. The molecule has 0 atom stereocenters. The van der Waals surface area contributed by atoms with E-state index < -0.39 is 86.8 Å². The second-order valence-electron chi connectivity index (χ2n) is 6.86. The molecule has 226 valence electrons. The summed E-state index contributed by atoms with van der Waals surface area (Å²) < 4.78 is 253. The highest BCUT2D eigenvalue weighted by molar-refractivity contribution is 7.90. The molecule has 0 spiro atoms. The Labute approximate surface area is 200 Å². The smallest absolute Gasteiger partial charge is 0.435 e. The number of carbonyl (C=O) groups excluding carboxylic acids is 1. The van der Waals surface area contributed by atoms with Gasteiger partial charge in [0.05, 0.1) is 12.7 Å². The highest BCUT2D eigenvalue weighted by atomic mass is 32.2. The third kappa shape index (κ3) is 4.98. The van der Waals surface area contributed by atoms with E-state index in [2.05, 4.69) is 11.3 Å². The van der Waals surface area contributed by atoms with Crippen LogP contribution < -0.4 is 0 Å². The molecule has 0 aromatic rings. The lowest BCUT2D eigenvalue weighted by Gasteiger charge is -2.43. The van der Waals surface area contributed by atoms with Crippen LogP contribution in [0.15, 0.2) is 12.8 Å². The molecule has 38 heavy (non-hydrogen) atoms. The molecule has 0 rings (SSSR count). The Hall–Kier alpha value is -2.07. The molecular formula is C15H12F17NO4S. The fraction of sp³-hybridized carbons (Fsp3) is 0.800. The van der Waals surface area contributed by atoms with Crippen molar-refractivity contribution in [3.8, 4) is 0 Å². The highest BCUT2D eigenvalue weighted by Crippen LogP contribution is 2.64. The van der Waals surface area contributed by atoms with Crippen LogP contribution in [0.3, 0.4) is 0 Å². The second-order valence-corrected chi connectivity index (χ2v) is 8.84. The summed E-state index contributed by atoms with van der Waals surface area (Å²) in [6.45, 7) is 0.186. The summed E-state index contributed by atoms with van der Waals surface area (Å²) in [5.74, 6) is -53.6. The molecule has 0 fully saturated rings. The normalized spacial score (nSPS) is 15.6. The number of esters is 1. The van der Waals surface area contributed by atoms with E-state index in [0.29, 0.717) is 13.2 Å². The van der Waals surface area contributed by atoms with Gasteiger partial charge in [0, 0.05) is 13.1 Å². The van der Waals surface area contributed by atoms with Gasteiger partial charge in [0.15, 0.2) is 0 Å². The van der Waals surface area contributed by atoms with E-state index in [0.717, 1.165) is 0 Å². The average Bonchev–Trinajstić information content (AvgIpc) is 2.72. The molecule has 0 aliphatic rings. The summed E-state index contributed by atoms with van der Waals surface area (Å²) in [4.78, 5) is 11.1. The molecule has 0 heterocycles. The Kier molecular flexibility index (Phi) is 9.60. The molecule has 0 bridgehead atoms. The van der Waals surface area contributed by atoms with Gasteiger partial charge in [0.25, 0.3) is 10.0 Å². The average molecular weight is 625 g/mol. The van der Waals surface area contributed by atoms with Crippen LogP contribution in [0.4, 0.5) is 74.6 Å². The van der Waals surface area contributed by atoms with Crippen molar-refractivity contribution in [2.75, 3.05) is 13.1 Å². The highest BCUT2D eigenvalue weighted by Gasteiger charge is 2.96. The van der Waals surface area contributed by atoms with Crippen molar-refractivity contribution < 1.29 is 92.6 Å². The third-order valence-electron chi connectivity index (χ3n) is 4.49.